The van der Waals surface area contributed by atoms with Gasteiger partial charge in [0.25, 0.3) is 0 Å². The predicted octanol–water partition coefficient (Wildman–Crippen LogP) is 4.73. The second-order valence-corrected chi connectivity index (χ2v) is 12.3. The SMILES string of the molecule is CC(C)C[Si](C)(C)O[C@H](C=C(Br)Br)CCC(=O)O. The number of carboxylic acids is 1. The van der Waals surface area contributed by atoms with Crippen LogP contribution < -0.4 is 0 Å². The monoisotopic (exact) mass is 400 g/mol. The lowest BCUT2D eigenvalue weighted by molar-refractivity contribution is -0.137. The summed E-state index contributed by atoms with van der Waals surface area (Å²) in [6.45, 7) is 8.72. The summed E-state index contributed by atoms with van der Waals surface area (Å²) in [6.07, 6.45) is 2.37. The molecule has 0 aliphatic carbocycles. The van der Waals surface area contributed by atoms with Crippen LogP contribution in [0.1, 0.15) is 26.7 Å². The fourth-order valence-corrected chi connectivity index (χ4v) is 5.68. The van der Waals surface area contributed by atoms with Crippen molar-refractivity contribution in [1.29, 1.82) is 0 Å². The molecular formula is C12H22Br2O3Si. The van der Waals surface area contributed by atoms with E-state index in [4.69, 9.17) is 9.53 Å². The molecule has 0 aliphatic rings. The van der Waals surface area contributed by atoms with E-state index in [9.17, 15) is 4.79 Å². The third-order valence-electron chi connectivity index (χ3n) is 2.32. The summed E-state index contributed by atoms with van der Waals surface area (Å²) in [7, 11) is -1.75. The van der Waals surface area contributed by atoms with Crippen molar-refractivity contribution in [2.75, 3.05) is 0 Å². The summed E-state index contributed by atoms with van der Waals surface area (Å²) in [4.78, 5) is 10.6. The largest absolute Gasteiger partial charge is 0.481 e. The Bertz CT molecular complexity index is 300. The minimum atomic E-state index is -1.75. The standard InChI is InChI=1S/C12H22Br2O3Si/c1-9(2)8-18(3,4)17-10(7-11(13)14)5-6-12(15)16/h7,9-10H,5-6,8H2,1-4H3,(H,15,16)/t10-/m0/s1. The van der Waals surface area contributed by atoms with E-state index in [2.05, 4.69) is 58.8 Å². The minimum absolute atomic E-state index is 0.126. The molecule has 0 rings (SSSR count). The van der Waals surface area contributed by atoms with Gasteiger partial charge in [0.1, 0.15) is 0 Å². The van der Waals surface area contributed by atoms with Gasteiger partial charge in [0.05, 0.1) is 9.50 Å². The summed E-state index contributed by atoms with van der Waals surface area (Å²) in [5.41, 5.74) is 0. The van der Waals surface area contributed by atoms with Crippen LogP contribution in [0.5, 0.6) is 0 Å². The number of aliphatic carboxylic acids is 1. The Balaban J connectivity index is 4.57. The van der Waals surface area contributed by atoms with E-state index in [0.29, 0.717) is 12.3 Å². The van der Waals surface area contributed by atoms with Crippen molar-refractivity contribution in [3.8, 4) is 0 Å². The normalized spacial score (nSPS) is 13.5. The molecule has 0 fully saturated rings. The number of halogens is 2. The molecule has 0 radical (unpaired) electrons. The summed E-state index contributed by atoms with van der Waals surface area (Å²) >= 11 is 6.61. The summed E-state index contributed by atoms with van der Waals surface area (Å²) in [5, 5.41) is 8.75. The average Bonchev–Trinajstić information content (AvgIpc) is 2.10. The van der Waals surface area contributed by atoms with Crippen LogP contribution in [0.2, 0.25) is 19.1 Å². The molecule has 1 atom stereocenters. The predicted molar refractivity (Wildman–Crippen MR) is 84.8 cm³/mol. The highest BCUT2D eigenvalue weighted by atomic mass is 79.9. The first kappa shape index (κ1) is 18.3. The van der Waals surface area contributed by atoms with Crippen molar-refractivity contribution in [3.63, 3.8) is 0 Å². The van der Waals surface area contributed by atoms with Crippen LogP contribution in [0.15, 0.2) is 9.47 Å². The first-order valence-corrected chi connectivity index (χ1v) is 10.7. The molecule has 0 amide bonds. The van der Waals surface area contributed by atoms with Gasteiger partial charge in [-0.1, -0.05) is 13.8 Å². The maximum atomic E-state index is 10.6. The molecule has 18 heavy (non-hydrogen) atoms. The fraction of sp³-hybridized carbons (Fsp3) is 0.750. The number of carbonyl (C=O) groups is 1. The van der Waals surface area contributed by atoms with Gasteiger partial charge in [-0.3, -0.25) is 4.79 Å². The molecule has 3 nitrogen and oxygen atoms in total. The van der Waals surface area contributed by atoms with Crippen molar-refractivity contribution in [2.24, 2.45) is 5.92 Å². The molecule has 0 unspecified atom stereocenters. The molecule has 0 spiro atoms. The minimum Gasteiger partial charge on any atom is -0.481 e. The van der Waals surface area contributed by atoms with Crippen molar-refractivity contribution in [1.82, 2.24) is 0 Å². The zero-order chi connectivity index (χ0) is 14.3. The van der Waals surface area contributed by atoms with Crippen molar-refractivity contribution in [3.05, 3.63) is 9.47 Å². The fourth-order valence-electron chi connectivity index (χ4n) is 2.02. The highest BCUT2D eigenvalue weighted by Gasteiger charge is 2.27. The smallest absolute Gasteiger partial charge is 0.303 e. The first-order valence-electron chi connectivity index (χ1n) is 6.05. The molecule has 0 heterocycles. The Kier molecular flexibility index (Phi) is 8.67. The molecule has 1 N–H and O–H groups in total. The van der Waals surface area contributed by atoms with Gasteiger partial charge in [-0.2, -0.15) is 0 Å². The molecule has 0 saturated carbocycles. The van der Waals surface area contributed by atoms with Crippen LogP contribution in [-0.2, 0) is 9.22 Å². The van der Waals surface area contributed by atoms with Crippen LogP contribution in [0, 0.1) is 5.92 Å². The van der Waals surface area contributed by atoms with E-state index >= 15 is 0 Å². The van der Waals surface area contributed by atoms with E-state index in [0.717, 1.165) is 9.44 Å². The molecule has 0 bridgehead atoms. The quantitative estimate of drug-likeness (QED) is 0.598. The molecule has 0 aliphatic heterocycles. The topological polar surface area (TPSA) is 46.5 Å². The Hall–Kier alpha value is 0.347. The van der Waals surface area contributed by atoms with Gasteiger partial charge in [-0.05, 0) is 69.4 Å². The molecule has 0 aromatic carbocycles. The van der Waals surface area contributed by atoms with Crippen molar-refractivity contribution >= 4 is 46.1 Å². The van der Waals surface area contributed by atoms with Gasteiger partial charge < -0.3 is 9.53 Å². The third kappa shape index (κ3) is 10.3. The van der Waals surface area contributed by atoms with E-state index in [-0.39, 0.29) is 12.5 Å². The van der Waals surface area contributed by atoms with Gasteiger partial charge in [-0.25, -0.2) is 0 Å². The van der Waals surface area contributed by atoms with Crippen LogP contribution in [0.4, 0.5) is 0 Å². The van der Waals surface area contributed by atoms with Gasteiger partial charge >= 0.3 is 5.97 Å². The van der Waals surface area contributed by atoms with Crippen LogP contribution in [-0.4, -0.2) is 25.5 Å². The Labute approximate surface area is 127 Å². The maximum absolute atomic E-state index is 10.6. The van der Waals surface area contributed by atoms with Gasteiger partial charge in [0.2, 0.25) is 0 Å². The van der Waals surface area contributed by atoms with E-state index in [1.165, 1.54) is 0 Å². The Morgan fingerprint density at radius 2 is 1.94 bits per heavy atom. The lowest BCUT2D eigenvalue weighted by Crippen LogP contribution is -2.36. The van der Waals surface area contributed by atoms with E-state index < -0.39 is 14.3 Å². The first-order chi connectivity index (χ1) is 8.12. The number of hydrogen-bond donors (Lipinski definition) is 1. The lowest BCUT2D eigenvalue weighted by Gasteiger charge is -2.29. The van der Waals surface area contributed by atoms with E-state index in [1.54, 1.807) is 0 Å². The average molecular weight is 402 g/mol. The zero-order valence-electron chi connectivity index (χ0n) is 11.4. The van der Waals surface area contributed by atoms with Crippen molar-refractivity contribution < 1.29 is 14.3 Å². The van der Waals surface area contributed by atoms with Crippen LogP contribution >= 0.6 is 31.9 Å². The molecule has 6 heteroatoms. The maximum Gasteiger partial charge on any atom is 0.303 e. The highest BCUT2D eigenvalue weighted by Crippen LogP contribution is 2.24. The van der Waals surface area contributed by atoms with Crippen LogP contribution in [0.3, 0.4) is 0 Å². The Morgan fingerprint density at radius 3 is 2.33 bits per heavy atom. The zero-order valence-corrected chi connectivity index (χ0v) is 15.5. The van der Waals surface area contributed by atoms with Gasteiger partial charge in [0.15, 0.2) is 8.32 Å². The molecule has 0 aromatic heterocycles. The summed E-state index contributed by atoms with van der Waals surface area (Å²) in [5.74, 6) is -0.186. The summed E-state index contributed by atoms with van der Waals surface area (Å²) < 4.78 is 6.95. The van der Waals surface area contributed by atoms with E-state index in [1.807, 2.05) is 6.08 Å². The third-order valence-corrected chi connectivity index (χ3v) is 5.59. The molecule has 106 valence electrons. The molecule has 0 saturated heterocycles. The highest BCUT2D eigenvalue weighted by molar-refractivity contribution is 9.28. The number of carboxylic acid groups (broad SMARTS) is 1. The van der Waals surface area contributed by atoms with Crippen molar-refractivity contribution in [2.45, 2.75) is 51.9 Å². The Morgan fingerprint density at radius 1 is 1.39 bits per heavy atom. The second-order valence-electron chi connectivity index (χ2n) is 5.40. The summed E-state index contributed by atoms with van der Waals surface area (Å²) in [6, 6.07) is 1.07. The van der Waals surface area contributed by atoms with Crippen LogP contribution in [0.25, 0.3) is 0 Å². The lowest BCUT2D eigenvalue weighted by atomic mass is 10.2. The molecular weight excluding hydrogens is 380 g/mol. The number of rotatable bonds is 8. The van der Waals surface area contributed by atoms with Gasteiger partial charge in [0, 0.05) is 6.42 Å². The molecule has 0 aromatic rings. The van der Waals surface area contributed by atoms with Gasteiger partial charge in [-0.15, -0.1) is 0 Å². The second kappa shape index (κ2) is 8.50. The number of hydrogen-bond acceptors (Lipinski definition) is 2.